The highest BCUT2D eigenvalue weighted by molar-refractivity contribution is 6.44. The topological polar surface area (TPSA) is 105 Å². The summed E-state index contributed by atoms with van der Waals surface area (Å²) in [6, 6.07) is 15.3. The summed E-state index contributed by atoms with van der Waals surface area (Å²) >= 11 is 0. The Bertz CT molecular complexity index is 972. The first-order valence-corrected chi connectivity index (χ1v) is 11.2. The quantitative estimate of drug-likeness (QED) is 0.175. The Balaban J connectivity index is 2.34. The van der Waals surface area contributed by atoms with Gasteiger partial charge in [0.15, 0.2) is 11.4 Å². The second kappa shape index (κ2) is 13.3. The SMILES string of the molecule is C=C(/C(=N/N(C)c1ccc(N(CCO)CCO)cc1)C(=O)OCC)N(C)c1ccccc1[NH2+]C. The number of nitrogens with two attached hydrogens (primary N) is 1. The molecule has 0 unspecified atom stereocenters. The number of aliphatic hydroxyl groups excluding tert-OH is 2. The highest BCUT2D eigenvalue weighted by Gasteiger charge is 2.23. The van der Waals surface area contributed by atoms with Gasteiger partial charge in [0.25, 0.3) is 0 Å². The van der Waals surface area contributed by atoms with Gasteiger partial charge in [-0.25, -0.2) is 4.79 Å². The number of hydrogen-bond acceptors (Lipinski definition) is 8. The Hall–Kier alpha value is -3.40. The molecule has 2 aromatic rings. The molecule has 0 aliphatic rings. The minimum absolute atomic E-state index is 0.0105. The van der Waals surface area contributed by atoms with Gasteiger partial charge in [-0.15, -0.1) is 0 Å². The van der Waals surface area contributed by atoms with E-state index >= 15 is 0 Å². The molecule has 0 aliphatic carbocycles. The van der Waals surface area contributed by atoms with Gasteiger partial charge >= 0.3 is 5.97 Å². The van der Waals surface area contributed by atoms with E-state index in [4.69, 9.17) is 4.74 Å². The first-order chi connectivity index (χ1) is 16.4. The molecular formula is C25H36N5O4+. The summed E-state index contributed by atoms with van der Waals surface area (Å²) in [4.78, 5) is 16.5. The van der Waals surface area contributed by atoms with E-state index in [1.54, 1.807) is 19.0 Å². The third-order valence-electron chi connectivity index (χ3n) is 5.33. The van der Waals surface area contributed by atoms with E-state index in [1.807, 2.05) is 77.7 Å². The van der Waals surface area contributed by atoms with E-state index in [-0.39, 0.29) is 25.5 Å². The molecule has 9 nitrogen and oxygen atoms in total. The Labute approximate surface area is 201 Å². The van der Waals surface area contributed by atoms with Crippen LogP contribution in [0.5, 0.6) is 0 Å². The minimum Gasteiger partial charge on any atom is -0.461 e. The van der Waals surface area contributed by atoms with Crippen molar-refractivity contribution < 1.29 is 25.1 Å². The molecule has 0 heterocycles. The number of hydrogen-bond donors (Lipinski definition) is 3. The van der Waals surface area contributed by atoms with Crippen LogP contribution in [0.1, 0.15) is 6.92 Å². The molecule has 0 aromatic heterocycles. The highest BCUT2D eigenvalue weighted by atomic mass is 16.5. The number of carbonyl (C=O) groups is 1. The molecule has 0 radical (unpaired) electrons. The largest absolute Gasteiger partial charge is 0.461 e. The molecule has 34 heavy (non-hydrogen) atoms. The average molecular weight is 471 g/mol. The number of nitrogens with zero attached hydrogens (tertiary/aromatic N) is 4. The average Bonchev–Trinajstić information content (AvgIpc) is 2.86. The van der Waals surface area contributed by atoms with Gasteiger partial charge in [-0.1, -0.05) is 18.7 Å². The first kappa shape index (κ1) is 26.8. The van der Waals surface area contributed by atoms with Gasteiger partial charge in [-0.05, 0) is 37.3 Å². The number of benzene rings is 2. The Kier molecular flexibility index (Phi) is 10.5. The molecule has 184 valence electrons. The lowest BCUT2D eigenvalue weighted by molar-refractivity contribution is -0.538. The molecule has 0 saturated heterocycles. The number of carbonyl (C=O) groups excluding carboxylic acids is 1. The molecule has 9 heteroatoms. The van der Waals surface area contributed by atoms with Gasteiger partial charge in [0.1, 0.15) is 5.69 Å². The van der Waals surface area contributed by atoms with Gasteiger partial charge in [-0.3, -0.25) is 5.01 Å². The standard InChI is InChI=1S/C25H35N5O4/c1-6-34-25(33)24(19(2)28(4)23-10-8-7-9-22(23)26-3)27-29(5)20-11-13-21(14-12-20)30(15-17-31)16-18-32/h7-14,26,31-32H,2,6,15-18H2,1,3-5H3/p+1/b27-24-. The summed E-state index contributed by atoms with van der Waals surface area (Å²) in [6.07, 6.45) is 0. The highest BCUT2D eigenvalue weighted by Crippen LogP contribution is 2.25. The predicted molar refractivity (Wildman–Crippen MR) is 137 cm³/mol. The van der Waals surface area contributed by atoms with E-state index < -0.39 is 5.97 Å². The van der Waals surface area contributed by atoms with E-state index in [0.29, 0.717) is 18.8 Å². The third-order valence-corrected chi connectivity index (χ3v) is 5.33. The van der Waals surface area contributed by atoms with Crippen LogP contribution in [0.3, 0.4) is 0 Å². The molecule has 2 aromatic carbocycles. The molecule has 0 fully saturated rings. The molecule has 2 rings (SSSR count). The minimum atomic E-state index is -0.558. The van der Waals surface area contributed by atoms with Crippen LogP contribution >= 0.6 is 0 Å². The molecule has 0 atom stereocenters. The number of quaternary nitrogens is 1. The third kappa shape index (κ3) is 6.80. The van der Waals surface area contributed by atoms with E-state index in [9.17, 15) is 15.0 Å². The maximum atomic E-state index is 12.8. The zero-order valence-corrected chi connectivity index (χ0v) is 20.4. The van der Waals surface area contributed by atoms with Crippen LogP contribution in [0.25, 0.3) is 0 Å². The number of anilines is 3. The van der Waals surface area contributed by atoms with Crippen LogP contribution in [0.2, 0.25) is 0 Å². The van der Waals surface area contributed by atoms with Crippen molar-refractivity contribution >= 4 is 34.4 Å². The van der Waals surface area contributed by atoms with Gasteiger partial charge in [0.2, 0.25) is 0 Å². The number of para-hydroxylation sites is 2. The van der Waals surface area contributed by atoms with Crippen LogP contribution in [-0.4, -0.2) is 75.9 Å². The van der Waals surface area contributed by atoms with E-state index in [0.717, 1.165) is 22.7 Å². The summed E-state index contributed by atoms with van der Waals surface area (Å²) in [5, 5.41) is 26.7. The van der Waals surface area contributed by atoms with Crippen molar-refractivity contribution in [3.8, 4) is 0 Å². The summed E-state index contributed by atoms with van der Waals surface area (Å²) in [5.41, 5.74) is 4.03. The van der Waals surface area contributed by atoms with Crippen molar-refractivity contribution in [1.82, 2.24) is 0 Å². The second-order valence-corrected chi connectivity index (χ2v) is 7.50. The fraction of sp³-hybridized carbons (Fsp3) is 0.360. The lowest BCUT2D eigenvalue weighted by Gasteiger charge is -2.25. The predicted octanol–water partition coefficient (Wildman–Crippen LogP) is 1.31. The number of rotatable bonds is 13. The van der Waals surface area contributed by atoms with Gasteiger partial charge in [-0.2, -0.15) is 5.10 Å². The molecule has 0 aliphatic heterocycles. The van der Waals surface area contributed by atoms with Crippen LogP contribution in [-0.2, 0) is 9.53 Å². The number of esters is 1. The summed E-state index contributed by atoms with van der Waals surface area (Å²) in [5.74, 6) is -0.558. The zero-order valence-electron chi connectivity index (χ0n) is 20.4. The maximum Gasteiger partial charge on any atom is 0.360 e. The molecular weight excluding hydrogens is 434 g/mol. The normalized spacial score (nSPS) is 11.2. The fourth-order valence-electron chi connectivity index (χ4n) is 3.46. The van der Waals surface area contributed by atoms with Crippen LogP contribution in [0.15, 0.2) is 65.9 Å². The van der Waals surface area contributed by atoms with Crippen molar-refractivity contribution in [2.45, 2.75) is 6.92 Å². The van der Waals surface area contributed by atoms with Crippen LogP contribution < -0.4 is 20.1 Å². The number of hydrazone groups is 1. The molecule has 0 bridgehead atoms. The Morgan fingerprint density at radius 2 is 1.62 bits per heavy atom. The molecule has 0 spiro atoms. The fourth-order valence-corrected chi connectivity index (χ4v) is 3.46. The van der Waals surface area contributed by atoms with Crippen molar-refractivity contribution in [2.75, 3.05) is 68.9 Å². The van der Waals surface area contributed by atoms with Crippen LogP contribution in [0, 0.1) is 0 Å². The lowest BCUT2D eigenvalue weighted by Crippen LogP contribution is -2.73. The van der Waals surface area contributed by atoms with Crippen LogP contribution in [0.4, 0.5) is 22.7 Å². The number of ether oxygens (including phenoxy) is 1. The number of aliphatic hydroxyl groups is 2. The van der Waals surface area contributed by atoms with Crippen molar-refractivity contribution in [2.24, 2.45) is 5.10 Å². The van der Waals surface area contributed by atoms with E-state index in [2.05, 4.69) is 11.7 Å². The summed E-state index contributed by atoms with van der Waals surface area (Å²) in [6.45, 7) is 6.92. The molecule has 0 amide bonds. The van der Waals surface area contributed by atoms with Crippen molar-refractivity contribution in [3.63, 3.8) is 0 Å². The molecule has 4 N–H and O–H groups in total. The first-order valence-electron chi connectivity index (χ1n) is 11.2. The second-order valence-electron chi connectivity index (χ2n) is 7.50. The van der Waals surface area contributed by atoms with Crippen molar-refractivity contribution in [1.29, 1.82) is 0 Å². The van der Waals surface area contributed by atoms with Gasteiger partial charge in [0, 0.05) is 38.9 Å². The molecule has 0 saturated carbocycles. The Morgan fingerprint density at radius 1 is 1.03 bits per heavy atom. The zero-order chi connectivity index (χ0) is 25.1. The van der Waals surface area contributed by atoms with Gasteiger partial charge in [0.05, 0.1) is 38.3 Å². The lowest BCUT2D eigenvalue weighted by atomic mass is 10.2. The van der Waals surface area contributed by atoms with E-state index in [1.165, 1.54) is 0 Å². The van der Waals surface area contributed by atoms with Crippen molar-refractivity contribution in [3.05, 3.63) is 60.8 Å². The Morgan fingerprint density at radius 3 is 2.18 bits per heavy atom. The van der Waals surface area contributed by atoms with Gasteiger partial charge < -0.3 is 30.1 Å². The smallest absolute Gasteiger partial charge is 0.360 e. The maximum absolute atomic E-state index is 12.8. The monoisotopic (exact) mass is 470 g/mol. The summed E-state index contributed by atoms with van der Waals surface area (Å²) in [7, 11) is 5.54. The summed E-state index contributed by atoms with van der Waals surface area (Å²) < 4.78 is 5.26.